The van der Waals surface area contributed by atoms with Gasteiger partial charge in [0.2, 0.25) is 5.91 Å². The first-order chi connectivity index (χ1) is 16.7. The summed E-state index contributed by atoms with van der Waals surface area (Å²) in [6.07, 6.45) is 2.85. The van der Waals surface area contributed by atoms with E-state index in [1.807, 2.05) is 38.1 Å². The zero-order valence-electron chi connectivity index (χ0n) is 19.9. The molecule has 2 unspecified atom stereocenters. The second-order valence-electron chi connectivity index (χ2n) is 9.62. The number of rotatable bonds is 7. The maximum Gasteiger partial charge on any atom is 0.226 e. The van der Waals surface area contributed by atoms with E-state index in [0.717, 1.165) is 29.4 Å². The van der Waals surface area contributed by atoms with Crippen molar-refractivity contribution in [2.75, 3.05) is 0 Å². The van der Waals surface area contributed by atoms with Crippen LogP contribution >= 0.6 is 0 Å². The van der Waals surface area contributed by atoms with Crippen LogP contribution in [0.15, 0.2) is 66.9 Å². The summed E-state index contributed by atoms with van der Waals surface area (Å²) in [7, 11) is 0. The molecule has 1 aliphatic rings. The Kier molecular flexibility index (Phi) is 5.79. The lowest BCUT2D eigenvalue weighted by Crippen LogP contribution is -2.42. The largest absolute Gasteiger partial charge is 0.484 e. The van der Waals surface area contributed by atoms with Crippen molar-refractivity contribution in [3.63, 3.8) is 0 Å². The average Bonchev–Trinajstić information content (AvgIpc) is 3.46. The molecule has 0 aliphatic heterocycles. The number of benzene rings is 3. The van der Waals surface area contributed by atoms with Gasteiger partial charge < -0.3 is 10.1 Å². The van der Waals surface area contributed by atoms with Crippen LogP contribution in [-0.2, 0) is 4.79 Å². The highest BCUT2D eigenvalue weighted by molar-refractivity contribution is 5.85. The molecule has 0 bridgehead atoms. The Morgan fingerprint density at radius 1 is 1.09 bits per heavy atom. The minimum Gasteiger partial charge on any atom is -0.484 e. The van der Waals surface area contributed by atoms with Crippen molar-refractivity contribution in [1.82, 2.24) is 15.1 Å². The van der Waals surface area contributed by atoms with E-state index >= 15 is 0 Å². The molecule has 1 aliphatic carbocycles. The summed E-state index contributed by atoms with van der Waals surface area (Å²) >= 11 is 0. The van der Waals surface area contributed by atoms with Gasteiger partial charge >= 0.3 is 0 Å². The molecule has 0 saturated heterocycles. The number of carbonyl (C=O) groups is 1. The number of aryl methyl sites for hydroxylation is 1. The molecule has 2 atom stereocenters. The Balaban J connectivity index is 1.44. The van der Waals surface area contributed by atoms with E-state index < -0.39 is 6.10 Å². The van der Waals surface area contributed by atoms with Crippen molar-refractivity contribution in [1.29, 1.82) is 0 Å². The van der Waals surface area contributed by atoms with Gasteiger partial charge in [-0.25, -0.2) is 13.5 Å². The summed E-state index contributed by atoms with van der Waals surface area (Å²) in [5, 5.41) is 8.34. The Morgan fingerprint density at radius 3 is 2.51 bits per heavy atom. The smallest absolute Gasteiger partial charge is 0.226 e. The highest BCUT2D eigenvalue weighted by Gasteiger charge is 2.45. The zero-order valence-corrected chi connectivity index (χ0v) is 19.9. The zero-order chi connectivity index (χ0) is 24.7. The van der Waals surface area contributed by atoms with E-state index in [1.165, 1.54) is 18.2 Å². The quantitative estimate of drug-likeness (QED) is 0.355. The standard InChI is InChI=1S/C28H27F2N3O2/c1-17-4-5-19(15-24(17)30)26(18(2)32-27(34)28(3)12-13-28)35-23-10-11-25-20(14-23)16-31-33(25)22-8-6-21(29)7-9-22/h4-11,14-16,18,26H,12-13H2,1-3H3,(H,32,34). The molecule has 1 aromatic heterocycles. The third-order valence-electron chi connectivity index (χ3n) is 6.76. The van der Waals surface area contributed by atoms with Gasteiger partial charge in [0.25, 0.3) is 0 Å². The summed E-state index contributed by atoms with van der Waals surface area (Å²) in [6.45, 7) is 5.53. The van der Waals surface area contributed by atoms with Crippen molar-refractivity contribution < 1.29 is 18.3 Å². The van der Waals surface area contributed by atoms with Crippen LogP contribution < -0.4 is 10.1 Å². The number of hydrogen-bond acceptors (Lipinski definition) is 3. The maximum absolute atomic E-state index is 14.4. The number of carbonyl (C=O) groups excluding carboxylic acids is 1. The topological polar surface area (TPSA) is 56.1 Å². The summed E-state index contributed by atoms with van der Waals surface area (Å²) in [6, 6.07) is 16.3. The molecule has 180 valence electrons. The molecule has 7 heteroatoms. The van der Waals surface area contributed by atoms with Gasteiger partial charge in [-0.15, -0.1) is 0 Å². The Labute approximate surface area is 202 Å². The molecule has 1 N–H and O–H groups in total. The van der Waals surface area contributed by atoms with E-state index in [2.05, 4.69) is 10.4 Å². The molecule has 5 rings (SSSR count). The van der Waals surface area contributed by atoms with Gasteiger partial charge in [-0.1, -0.05) is 19.1 Å². The van der Waals surface area contributed by atoms with Crippen LogP contribution in [0.2, 0.25) is 0 Å². The van der Waals surface area contributed by atoms with Crippen LogP contribution in [0.5, 0.6) is 5.75 Å². The van der Waals surface area contributed by atoms with Crippen molar-refractivity contribution >= 4 is 16.8 Å². The normalized spacial score (nSPS) is 16.0. The molecule has 3 aromatic carbocycles. The van der Waals surface area contributed by atoms with E-state index in [0.29, 0.717) is 16.9 Å². The number of aromatic nitrogens is 2. The minimum absolute atomic E-state index is 0.0118. The van der Waals surface area contributed by atoms with Crippen LogP contribution in [0.3, 0.4) is 0 Å². The third kappa shape index (κ3) is 4.63. The Morgan fingerprint density at radius 2 is 1.83 bits per heavy atom. The number of halogens is 2. The highest BCUT2D eigenvalue weighted by Crippen LogP contribution is 2.45. The minimum atomic E-state index is -0.596. The SMILES string of the molecule is Cc1ccc(C(Oc2ccc3c(cnn3-c3ccc(F)cc3)c2)C(C)NC(=O)C2(C)CC2)cc1F. The molecule has 0 spiro atoms. The lowest BCUT2D eigenvalue weighted by molar-refractivity contribution is -0.127. The molecule has 4 aromatic rings. The van der Waals surface area contributed by atoms with Gasteiger partial charge in [-0.05, 0) is 86.3 Å². The molecule has 1 amide bonds. The molecule has 35 heavy (non-hydrogen) atoms. The van der Waals surface area contributed by atoms with Crippen molar-refractivity contribution in [3.05, 3.63) is 89.6 Å². The fourth-order valence-corrected chi connectivity index (χ4v) is 4.14. The second kappa shape index (κ2) is 8.80. The molecule has 5 nitrogen and oxygen atoms in total. The molecule has 1 fully saturated rings. The van der Waals surface area contributed by atoms with Gasteiger partial charge in [-0.2, -0.15) is 5.10 Å². The molecule has 1 saturated carbocycles. The van der Waals surface area contributed by atoms with E-state index in [-0.39, 0.29) is 29.0 Å². The number of ether oxygens (including phenoxy) is 1. The predicted molar refractivity (Wildman–Crippen MR) is 130 cm³/mol. The first-order valence-corrected chi connectivity index (χ1v) is 11.7. The maximum atomic E-state index is 14.4. The number of amides is 1. The van der Waals surface area contributed by atoms with Crippen LogP contribution in [0.25, 0.3) is 16.6 Å². The second-order valence-corrected chi connectivity index (χ2v) is 9.62. The molecule has 1 heterocycles. The molecular formula is C28H27F2N3O2. The monoisotopic (exact) mass is 475 g/mol. The Hall–Kier alpha value is -3.74. The van der Waals surface area contributed by atoms with Crippen molar-refractivity contribution in [2.45, 2.75) is 45.8 Å². The first kappa shape index (κ1) is 23.0. The van der Waals surface area contributed by atoms with Crippen LogP contribution in [0, 0.1) is 24.0 Å². The fourth-order valence-electron chi connectivity index (χ4n) is 4.14. The van der Waals surface area contributed by atoms with E-state index in [4.69, 9.17) is 4.74 Å². The van der Waals surface area contributed by atoms with Gasteiger partial charge in [0.05, 0.1) is 23.4 Å². The van der Waals surface area contributed by atoms with Gasteiger partial charge in [0.15, 0.2) is 0 Å². The van der Waals surface area contributed by atoms with Gasteiger partial charge in [-0.3, -0.25) is 4.79 Å². The third-order valence-corrected chi connectivity index (χ3v) is 6.76. The Bertz CT molecular complexity index is 1390. The summed E-state index contributed by atoms with van der Waals surface area (Å²) in [5.41, 5.74) is 2.44. The highest BCUT2D eigenvalue weighted by atomic mass is 19.1. The summed E-state index contributed by atoms with van der Waals surface area (Å²) in [4.78, 5) is 12.7. The number of nitrogens with one attached hydrogen (secondary N) is 1. The number of fused-ring (bicyclic) bond motifs is 1. The van der Waals surface area contributed by atoms with Crippen LogP contribution in [0.4, 0.5) is 8.78 Å². The van der Waals surface area contributed by atoms with Gasteiger partial charge in [0.1, 0.15) is 23.5 Å². The van der Waals surface area contributed by atoms with Crippen LogP contribution in [0.1, 0.15) is 43.9 Å². The lowest BCUT2D eigenvalue weighted by atomic mass is 10.00. The fraction of sp³-hybridized carbons (Fsp3) is 0.286. The number of nitrogens with zero attached hydrogens (tertiary/aromatic N) is 2. The predicted octanol–water partition coefficient (Wildman–Crippen LogP) is 6.04. The van der Waals surface area contributed by atoms with Gasteiger partial charge in [0, 0.05) is 10.8 Å². The van der Waals surface area contributed by atoms with E-state index in [1.54, 1.807) is 36.0 Å². The van der Waals surface area contributed by atoms with Crippen molar-refractivity contribution in [2.24, 2.45) is 5.41 Å². The van der Waals surface area contributed by atoms with E-state index in [9.17, 15) is 13.6 Å². The number of hydrogen-bond donors (Lipinski definition) is 1. The first-order valence-electron chi connectivity index (χ1n) is 11.7. The summed E-state index contributed by atoms with van der Waals surface area (Å²) < 4.78 is 35.8. The molecular weight excluding hydrogens is 448 g/mol. The average molecular weight is 476 g/mol. The van der Waals surface area contributed by atoms with Crippen LogP contribution in [-0.4, -0.2) is 21.7 Å². The van der Waals surface area contributed by atoms with Crippen molar-refractivity contribution in [3.8, 4) is 11.4 Å². The summed E-state index contributed by atoms with van der Waals surface area (Å²) in [5.74, 6) is -0.0701. The molecule has 0 radical (unpaired) electrons. The lowest BCUT2D eigenvalue weighted by Gasteiger charge is -2.28.